The molecule has 2 aromatic rings. The van der Waals surface area contributed by atoms with Crippen LogP contribution in [0.25, 0.3) is 0 Å². The number of hydrogen-bond acceptors (Lipinski definition) is 1. The van der Waals surface area contributed by atoms with Crippen molar-refractivity contribution in [2.75, 3.05) is 0 Å². The molecule has 0 fully saturated rings. The molecule has 18 heavy (non-hydrogen) atoms. The lowest BCUT2D eigenvalue weighted by atomic mass is 9.86. The van der Waals surface area contributed by atoms with E-state index in [2.05, 4.69) is 55.1 Å². The summed E-state index contributed by atoms with van der Waals surface area (Å²) in [6, 6.07) is 20.9. The molecule has 0 bridgehead atoms. The van der Waals surface area contributed by atoms with Crippen molar-refractivity contribution in [3.63, 3.8) is 0 Å². The molecule has 2 aromatic carbocycles. The monoisotopic (exact) mass is 254 g/mol. The van der Waals surface area contributed by atoms with Crippen LogP contribution in [0, 0.1) is 0 Å². The van der Waals surface area contributed by atoms with Crippen molar-refractivity contribution < 1.29 is 0 Å². The van der Waals surface area contributed by atoms with Crippen molar-refractivity contribution in [3.8, 4) is 0 Å². The van der Waals surface area contributed by atoms with Crippen molar-refractivity contribution in [2.24, 2.45) is 0 Å². The van der Waals surface area contributed by atoms with Crippen molar-refractivity contribution in [1.82, 2.24) is 0 Å². The zero-order valence-electron chi connectivity index (χ0n) is 10.4. The molecule has 92 valence electrons. The lowest BCUT2D eigenvalue weighted by Gasteiger charge is -2.29. The van der Waals surface area contributed by atoms with E-state index in [1.807, 2.05) is 18.2 Å². The van der Waals surface area contributed by atoms with Crippen LogP contribution in [0.2, 0.25) is 0 Å². The molecule has 2 rings (SSSR count). The fourth-order valence-electron chi connectivity index (χ4n) is 2.19. The molecule has 0 aliphatic carbocycles. The zero-order valence-corrected chi connectivity index (χ0v) is 11.3. The van der Waals surface area contributed by atoms with Crippen molar-refractivity contribution in [2.45, 2.75) is 17.6 Å². The molecular formula is C17H18S. The Hall–Kier alpha value is -1.47. The molecule has 0 aromatic heterocycles. The Bertz CT molecular complexity index is 448. The highest BCUT2D eigenvalue weighted by Gasteiger charge is 2.28. The molecule has 0 spiro atoms. The molecule has 1 heteroatoms. The van der Waals surface area contributed by atoms with Crippen LogP contribution in [0.4, 0.5) is 0 Å². The molecule has 0 nitrogen and oxygen atoms in total. The SMILES string of the molecule is C=CCCC(S)(c1ccccc1)c1ccccc1. The Morgan fingerprint density at radius 1 is 0.889 bits per heavy atom. The molecule has 0 N–H and O–H groups in total. The van der Waals surface area contributed by atoms with Gasteiger partial charge >= 0.3 is 0 Å². The quantitative estimate of drug-likeness (QED) is 0.573. The normalized spacial score (nSPS) is 11.2. The van der Waals surface area contributed by atoms with E-state index in [1.54, 1.807) is 0 Å². The van der Waals surface area contributed by atoms with Gasteiger partial charge in [0.2, 0.25) is 0 Å². The van der Waals surface area contributed by atoms with Gasteiger partial charge in [0.05, 0.1) is 4.75 Å². The van der Waals surface area contributed by atoms with E-state index in [-0.39, 0.29) is 4.75 Å². The van der Waals surface area contributed by atoms with Gasteiger partial charge in [-0.1, -0.05) is 66.7 Å². The zero-order chi connectivity index (χ0) is 12.8. The number of benzene rings is 2. The smallest absolute Gasteiger partial charge is 0.0629 e. The third-order valence-corrected chi connectivity index (χ3v) is 3.95. The average Bonchev–Trinajstić information content (AvgIpc) is 2.46. The Morgan fingerprint density at radius 3 is 1.72 bits per heavy atom. The van der Waals surface area contributed by atoms with Crippen molar-refractivity contribution >= 4 is 12.6 Å². The molecule has 0 saturated carbocycles. The summed E-state index contributed by atoms with van der Waals surface area (Å²) in [7, 11) is 0. The Labute approximate surface area is 115 Å². The minimum atomic E-state index is -0.239. The van der Waals surface area contributed by atoms with Gasteiger partial charge in [-0.05, 0) is 24.0 Å². The van der Waals surface area contributed by atoms with Crippen LogP contribution in [-0.2, 0) is 4.75 Å². The van der Waals surface area contributed by atoms with Gasteiger partial charge < -0.3 is 0 Å². The summed E-state index contributed by atoms with van der Waals surface area (Å²) >= 11 is 4.98. The number of thiol groups is 1. The maximum atomic E-state index is 4.98. The van der Waals surface area contributed by atoms with Gasteiger partial charge in [-0.15, -0.1) is 6.58 Å². The van der Waals surface area contributed by atoms with Crippen LogP contribution in [0.5, 0.6) is 0 Å². The summed E-state index contributed by atoms with van der Waals surface area (Å²) in [5.41, 5.74) is 2.47. The summed E-state index contributed by atoms with van der Waals surface area (Å²) in [6.45, 7) is 3.82. The van der Waals surface area contributed by atoms with Gasteiger partial charge in [-0.25, -0.2) is 0 Å². The molecule has 0 aliphatic heterocycles. The minimum Gasteiger partial charge on any atom is -0.163 e. The lowest BCUT2D eigenvalue weighted by Crippen LogP contribution is -2.20. The summed E-state index contributed by atoms with van der Waals surface area (Å²) in [4.78, 5) is 0. The molecular weight excluding hydrogens is 236 g/mol. The summed E-state index contributed by atoms with van der Waals surface area (Å²) in [5.74, 6) is 0. The van der Waals surface area contributed by atoms with Crippen LogP contribution in [0.15, 0.2) is 73.3 Å². The fourth-order valence-corrected chi connectivity index (χ4v) is 2.62. The molecule has 0 radical (unpaired) electrons. The average molecular weight is 254 g/mol. The highest BCUT2D eigenvalue weighted by Crippen LogP contribution is 2.40. The molecule has 0 unspecified atom stereocenters. The van der Waals surface area contributed by atoms with Gasteiger partial charge in [-0.2, -0.15) is 12.6 Å². The van der Waals surface area contributed by atoms with E-state index < -0.39 is 0 Å². The maximum absolute atomic E-state index is 4.98. The molecule has 0 heterocycles. The standard InChI is InChI=1S/C17H18S/c1-2-3-14-17(18,15-10-6-4-7-11-15)16-12-8-5-9-13-16/h2,4-13,18H,1,3,14H2. The second-order valence-corrected chi connectivity index (χ2v) is 5.18. The second-order valence-electron chi connectivity index (χ2n) is 4.42. The number of hydrogen-bond donors (Lipinski definition) is 1. The number of rotatable bonds is 5. The Kier molecular flexibility index (Phi) is 4.27. The van der Waals surface area contributed by atoms with E-state index in [4.69, 9.17) is 12.6 Å². The molecule has 0 atom stereocenters. The van der Waals surface area contributed by atoms with Gasteiger partial charge in [-0.3, -0.25) is 0 Å². The van der Waals surface area contributed by atoms with Gasteiger partial charge in [0.25, 0.3) is 0 Å². The summed E-state index contributed by atoms with van der Waals surface area (Å²) in [6.07, 6.45) is 3.86. The first-order chi connectivity index (χ1) is 8.77. The minimum absolute atomic E-state index is 0.239. The van der Waals surface area contributed by atoms with Crippen LogP contribution in [0.3, 0.4) is 0 Å². The molecule has 0 aliphatic rings. The molecule has 0 amide bonds. The van der Waals surface area contributed by atoms with Gasteiger partial charge in [0.15, 0.2) is 0 Å². The summed E-state index contributed by atoms with van der Waals surface area (Å²) in [5, 5.41) is 0. The van der Waals surface area contributed by atoms with E-state index >= 15 is 0 Å². The van der Waals surface area contributed by atoms with Gasteiger partial charge in [0.1, 0.15) is 0 Å². The predicted octanol–water partition coefficient (Wildman–Crippen LogP) is 4.83. The predicted molar refractivity (Wildman–Crippen MR) is 82.1 cm³/mol. The first-order valence-corrected chi connectivity index (χ1v) is 6.66. The van der Waals surface area contributed by atoms with Crippen LogP contribution in [-0.4, -0.2) is 0 Å². The number of allylic oxidation sites excluding steroid dienone is 1. The van der Waals surface area contributed by atoms with E-state index in [1.165, 1.54) is 11.1 Å². The second kappa shape index (κ2) is 5.92. The Balaban J connectivity index is 2.44. The first-order valence-electron chi connectivity index (χ1n) is 6.22. The summed E-state index contributed by atoms with van der Waals surface area (Å²) < 4.78 is -0.239. The van der Waals surface area contributed by atoms with E-state index in [0.29, 0.717) is 0 Å². The third-order valence-electron chi connectivity index (χ3n) is 3.21. The van der Waals surface area contributed by atoms with Crippen molar-refractivity contribution in [3.05, 3.63) is 84.4 Å². The third kappa shape index (κ3) is 2.68. The van der Waals surface area contributed by atoms with Crippen LogP contribution in [0.1, 0.15) is 24.0 Å². The largest absolute Gasteiger partial charge is 0.163 e. The maximum Gasteiger partial charge on any atom is 0.0629 e. The van der Waals surface area contributed by atoms with Crippen LogP contribution < -0.4 is 0 Å². The van der Waals surface area contributed by atoms with Crippen molar-refractivity contribution in [1.29, 1.82) is 0 Å². The Morgan fingerprint density at radius 2 is 1.33 bits per heavy atom. The topological polar surface area (TPSA) is 0 Å². The van der Waals surface area contributed by atoms with E-state index in [9.17, 15) is 0 Å². The highest BCUT2D eigenvalue weighted by molar-refractivity contribution is 7.81. The fraction of sp³-hybridized carbons (Fsp3) is 0.176. The lowest BCUT2D eigenvalue weighted by molar-refractivity contribution is 0.675. The van der Waals surface area contributed by atoms with Crippen LogP contribution >= 0.6 is 12.6 Å². The first kappa shape index (κ1) is 13.0. The molecule has 0 saturated heterocycles. The van der Waals surface area contributed by atoms with E-state index in [0.717, 1.165) is 12.8 Å². The highest BCUT2D eigenvalue weighted by atomic mass is 32.1. The van der Waals surface area contributed by atoms with Gasteiger partial charge in [0, 0.05) is 0 Å².